The molecule has 20 heavy (non-hydrogen) atoms. The van der Waals surface area contributed by atoms with Crippen LogP contribution in [0.2, 0.25) is 0 Å². The van der Waals surface area contributed by atoms with Crippen molar-refractivity contribution in [3.8, 4) is 0 Å². The minimum atomic E-state index is -0.916. The monoisotopic (exact) mass is 290 g/mol. The smallest absolute Gasteiger partial charge is 0.337 e. The van der Waals surface area contributed by atoms with Crippen LogP contribution in [0.15, 0.2) is 18.2 Å². The first-order chi connectivity index (χ1) is 9.40. The number of aryl methyl sites for hydroxylation is 3. The van der Waals surface area contributed by atoms with Gasteiger partial charge in [-0.2, -0.15) is 0 Å². The van der Waals surface area contributed by atoms with E-state index in [0.717, 1.165) is 21.1 Å². The average Bonchev–Trinajstić information content (AvgIpc) is 2.70. The van der Waals surface area contributed by atoms with E-state index in [1.807, 2.05) is 33.8 Å². The molecule has 1 unspecified atom stereocenters. The molecule has 0 saturated carbocycles. The molecule has 106 valence electrons. The molecule has 1 heterocycles. The number of carboxylic acid groups (broad SMARTS) is 1. The summed E-state index contributed by atoms with van der Waals surface area (Å²) in [6.45, 7) is 7.89. The Balaban J connectivity index is 2.35. The molecule has 5 heteroatoms. The van der Waals surface area contributed by atoms with Crippen molar-refractivity contribution >= 4 is 23.0 Å². The summed E-state index contributed by atoms with van der Waals surface area (Å²) >= 11 is 1.64. The third-order valence-electron chi connectivity index (χ3n) is 3.20. The predicted molar refractivity (Wildman–Crippen MR) is 81.8 cm³/mol. The molecule has 0 aliphatic heterocycles. The summed E-state index contributed by atoms with van der Waals surface area (Å²) in [7, 11) is 0. The Kier molecular flexibility index (Phi) is 4.09. The molecule has 1 aromatic carbocycles. The number of anilines is 1. The summed E-state index contributed by atoms with van der Waals surface area (Å²) in [6, 6.07) is 5.32. The summed E-state index contributed by atoms with van der Waals surface area (Å²) in [5.74, 6) is -0.916. The molecule has 1 aromatic heterocycles. The van der Waals surface area contributed by atoms with Gasteiger partial charge in [0.2, 0.25) is 0 Å². The largest absolute Gasteiger partial charge is 0.478 e. The van der Waals surface area contributed by atoms with Crippen LogP contribution >= 0.6 is 11.3 Å². The lowest BCUT2D eigenvalue weighted by Crippen LogP contribution is -2.11. The first-order valence-corrected chi connectivity index (χ1v) is 7.25. The van der Waals surface area contributed by atoms with Gasteiger partial charge in [0.25, 0.3) is 0 Å². The van der Waals surface area contributed by atoms with Crippen LogP contribution in [-0.2, 0) is 0 Å². The molecule has 0 spiro atoms. The van der Waals surface area contributed by atoms with E-state index in [1.54, 1.807) is 23.5 Å². The lowest BCUT2D eigenvalue weighted by atomic mass is 10.1. The maximum Gasteiger partial charge on any atom is 0.337 e. The number of thiazole rings is 1. The van der Waals surface area contributed by atoms with Gasteiger partial charge in [0.1, 0.15) is 0 Å². The van der Waals surface area contributed by atoms with Gasteiger partial charge in [0, 0.05) is 4.88 Å². The quantitative estimate of drug-likeness (QED) is 0.895. The highest BCUT2D eigenvalue weighted by Crippen LogP contribution is 2.30. The standard InChI is InChI=1S/C15H18N2O2S/c1-8-6-5-7-12(15(18)19)13(8)17-10(3)14-9(2)16-11(4)20-14/h5-7,10,17H,1-4H3,(H,18,19). The Morgan fingerprint density at radius 1 is 1.35 bits per heavy atom. The fraction of sp³-hybridized carbons (Fsp3) is 0.333. The average molecular weight is 290 g/mol. The summed E-state index contributed by atoms with van der Waals surface area (Å²) in [4.78, 5) is 16.9. The summed E-state index contributed by atoms with van der Waals surface area (Å²) in [5.41, 5.74) is 2.90. The lowest BCUT2D eigenvalue weighted by Gasteiger charge is -2.18. The van der Waals surface area contributed by atoms with Crippen molar-refractivity contribution in [3.63, 3.8) is 0 Å². The van der Waals surface area contributed by atoms with Crippen molar-refractivity contribution in [1.82, 2.24) is 4.98 Å². The highest BCUT2D eigenvalue weighted by molar-refractivity contribution is 7.11. The third-order valence-corrected chi connectivity index (χ3v) is 4.45. The fourth-order valence-electron chi connectivity index (χ4n) is 2.27. The molecule has 0 aliphatic rings. The second kappa shape index (κ2) is 5.63. The molecule has 0 fully saturated rings. The maximum absolute atomic E-state index is 11.3. The number of hydrogen-bond donors (Lipinski definition) is 2. The van der Waals surface area contributed by atoms with E-state index < -0.39 is 5.97 Å². The van der Waals surface area contributed by atoms with Crippen molar-refractivity contribution in [2.45, 2.75) is 33.7 Å². The fourth-order valence-corrected chi connectivity index (χ4v) is 3.20. The predicted octanol–water partition coefficient (Wildman–Crippen LogP) is 3.94. The maximum atomic E-state index is 11.3. The van der Waals surface area contributed by atoms with E-state index in [-0.39, 0.29) is 6.04 Å². The van der Waals surface area contributed by atoms with Crippen LogP contribution in [0.3, 0.4) is 0 Å². The van der Waals surface area contributed by atoms with Crippen molar-refractivity contribution in [2.75, 3.05) is 5.32 Å². The first kappa shape index (κ1) is 14.5. The van der Waals surface area contributed by atoms with Crippen LogP contribution in [0.4, 0.5) is 5.69 Å². The van der Waals surface area contributed by atoms with Crippen LogP contribution in [0.25, 0.3) is 0 Å². The molecular weight excluding hydrogens is 272 g/mol. The van der Waals surface area contributed by atoms with E-state index in [4.69, 9.17) is 0 Å². The number of aromatic nitrogens is 1. The minimum absolute atomic E-state index is 0.0281. The number of aromatic carboxylic acids is 1. The number of carbonyl (C=O) groups is 1. The minimum Gasteiger partial charge on any atom is -0.478 e. The molecule has 0 amide bonds. The van der Waals surface area contributed by atoms with Crippen LogP contribution in [0, 0.1) is 20.8 Å². The van der Waals surface area contributed by atoms with Crippen LogP contribution in [-0.4, -0.2) is 16.1 Å². The van der Waals surface area contributed by atoms with Gasteiger partial charge in [-0.15, -0.1) is 11.3 Å². The molecule has 1 atom stereocenters. The molecular formula is C15H18N2O2S. The molecule has 0 aliphatic carbocycles. The van der Waals surface area contributed by atoms with E-state index >= 15 is 0 Å². The molecule has 2 rings (SSSR count). The summed E-state index contributed by atoms with van der Waals surface area (Å²) in [6.07, 6.45) is 0. The highest BCUT2D eigenvalue weighted by atomic mass is 32.1. The van der Waals surface area contributed by atoms with E-state index in [9.17, 15) is 9.90 Å². The Hall–Kier alpha value is -1.88. The van der Waals surface area contributed by atoms with Crippen molar-refractivity contribution in [1.29, 1.82) is 0 Å². The number of nitrogens with zero attached hydrogens (tertiary/aromatic N) is 1. The molecule has 2 aromatic rings. The van der Waals surface area contributed by atoms with Gasteiger partial charge < -0.3 is 10.4 Å². The number of carboxylic acids is 1. The number of benzene rings is 1. The topological polar surface area (TPSA) is 62.2 Å². The van der Waals surface area contributed by atoms with Gasteiger partial charge >= 0.3 is 5.97 Å². The number of para-hydroxylation sites is 1. The van der Waals surface area contributed by atoms with Gasteiger partial charge in [0.05, 0.1) is 28.0 Å². The number of rotatable bonds is 4. The highest BCUT2D eigenvalue weighted by Gasteiger charge is 2.17. The molecule has 0 radical (unpaired) electrons. The summed E-state index contributed by atoms with van der Waals surface area (Å²) < 4.78 is 0. The van der Waals surface area contributed by atoms with Gasteiger partial charge in [-0.1, -0.05) is 12.1 Å². The van der Waals surface area contributed by atoms with Crippen LogP contribution in [0.1, 0.15) is 44.5 Å². The second-order valence-electron chi connectivity index (χ2n) is 4.85. The van der Waals surface area contributed by atoms with Gasteiger partial charge in [-0.05, 0) is 39.3 Å². The normalized spacial score (nSPS) is 12.2. The lowest BCUT2D eigenvalue weighted by molar-refractivity contribution is 0.0698. The SMILES string of the molecule is Cc1nc(C)c(C(C)Nc2c(C)cccc2C(=O)O)s1. The van der Waals surface area contributed by atoms with Gasteiger partial charge in [-0.3, -0.25) is 0 Å². The van der Waals surface area contributed by atoms with Crippen molar-refractivity contribution in [3.05, 3.63) is 44.9 Å². The van der Waals surface area contributed by atoms with Crippen LogP contribution < -0.4 is 5.32 Å². The Morgan fingerprint density at radius 2 is 2.05 bits per heavy atom. The molecule has 2 N–H and O–H groups in total. The Morgan fingerprint density at radius 3 is 2.60 bits per heavy atom. The molecule has 4 nitrogen and oxygen atoms in total. The zero-order valence-electron chi connectivity index (χ0n) is 12.0. The molecule has 0 bridgehead atoms. The van der Waals surface area contributed by atoms with E-state index in [2.05, 4.69) is 10.3 Å². The Bertz CT molecular complexity index is 649. The van der Waals surface area contributed by atoms with Crippen molar-refractivity contribution < 1.29 is 9.90 Å². The Labute approximate surface area is 122 Å². The number of hydrogen-bond acceptors (Lipinski definition) is 4. The zero-order chi connectivity index (χ0) is 14.9. The van der Waals surface area contributed by atoms with Crippen LogP contribution in [0.5, 0.6) is 0 Å². The van der Waals surface area contributed by atoms with Gasteiger partial charge in [0.15, 0.2) is 0 Å². The summed E-state index contributed by atoms with van der Waals surface area (Å²) in [5, 5.41) is 13.6. The van der Waals surface area contributed by atoms with E-state index in [0.29, 0.717) is 11.3 Å². The number of nitrogens with one attached hydrogen (secondary N) is 1. The zero-order valence-corrected chi connectivity index (χ0v) is 12.8. The third kappa shape index (κ3) is 2.82. The van der Waals surface area contributed by atoms with Crippen molar-refractivity contribution in [2.24, 2.45) is 0 Å². The first-order valence-electron chi connectivity index (χ1n) is 6.43. The van der Waals surface area contributed by atoms with Gasteiger partial charge in [-0.25, -0.2) is 9.78 Å². The second-order valence-corrected chi connectivity index (χ2v) is 6.09. The van der Waals surface area contributed by atoms with E-state index in [1.165, 1.54) is 0 Å². The molecule has 0 saturated heterocycles.